The van der Waals surface area contributed by atoms with Crippen LogP contribution >= 0.6 is 0 Å². The lowest BCUT2D eigenvalue weighted by molar-refractivity contribution is 0.630. The van der Waals surface area contributed by atoms with Gasteiger partial charge in [0.15, 0.2) is 0 Å². The van der Waals surface area contributed by atoms with Crippen molar-refractivity contribution in [2.75, 3.05) is 5.32 Å². The highest BCUT2D eigenvalue weighted by atomic mass is 16.2. The maximum Gasteiger partial charge on any atom is 0.295 e. The summed E-state index contributed by atoms with van der Waals surface area (Å²) in [5.41, 5.74) is 0.340. The third kappa shape index (κ3) is 3.16. The van der Waals surface area contributed by atoms with Gasteiger partial charge in [-0.15, -0.1) is 0 Å². The Bertz CT molecular complexity index is 1780. The lowest BCUT2D eigenvalue weighted by Gasteiger charge is -2.11. The monoisotopic (exact) mass is 469 g/mol. The molecular formula is C26H23N5O4. The van der Waals surface area contributed by atoms with E-state index in [0.29, 0.717) is 22.8 Å². The molecule has 2 heterocycles. The van der Waals surface area contributed by atoms with Crippen LogP contribution in [0.5, 0.6) is 0 Å². The molecule has 5 aromatic rings. The van der Waals surface area contributed by atoms with Crippen LogP contribution < -0.4 is 27.3 Å². The number of hydrogen-bond acceptors (Lipinski definition) is 5. The number of benzene rings is 2. The molecule has 0 aliphatic heterocycles. The Balaban J connectivity index is 1.66. The molecule has 9 heteroatoms. The molecule has 0 amide bonds. The van der Waals surface area contributed by atoms with Crippen molar-refractivity contribution in [2.45, 2.75) is 13.8 Å². The second-order valence-electron chi connectivity index (χ2n) is 8.41. The summed E-state index contributed by atoms with van der Waals surface area (Å²) >= 11 is 0. The van der Waals surface area contributed by atoms with Gasteiger partial charge in [0.25, 0.3) is 16.5 Å². The predicted octanol–water partition coefficient (Wildman–Crippen LogP) is 2.29. The van der Waals surface area contributed by atoms with Gasteiger partial charge >= 0.3 is 0 Å². The van der Waals surface area contributed by atoms with Gasteiger partial charge in [-0.2, -0.15) is 0 Å². The van der Waals surface area contributed by atoms with Crippen molar-refractivity contribution in [2.24, 2.45) is 14.1 Å². The highest BCUT2D eigenvalue weighted by molar-refractivity contribution is 5.86. The molecule has 5 rings (SSSR count). The van der Waals surface area contributed by atoms with Crippen molar-refractivity contribution in [3.05, 3.63) is 113 Å². The van der Waals surface area contributed by atoms with Gasteiger partial charge in [0.1, 0.15) is 11.4 Å². The molecule has 0 saturated heterocycles. The standard InChI is InChI=1S/C26H23N5O4/c1-15-19(25(34)30(28(15)3)17-11-7-5-8-12-17)20-22(24(33)23(20)32)27-21-16(2)29(4)31(26(21)35)18-13-9-6-10-14-18/h5-14,27H,1-4H3. The molecule has 0 radical (unpaired) electrons. The first kappa shape index (κ1) is 22.1. The van der Waals surface area contributed by atoms with Crippen molar-refractivity contribution in [1.29, 1.82) is 0 Å². The molecule has 0 fully saturated rings. The SMILES string of the molecule is Cc1c(Nc2c(-c3c(C)n(C)n(-c4ccccc4)c3=O)c(=O)c2=O)c(=O)n(-c2ccccc2)n1C. The van der Waals surface area contributed by atoms with Crippen LogP contribution in [-0.2, 0) is 14.1 Å². The lowest BCUT2D eigenvalue weighted by atomic mass is 9.98. The maximum atomic E-state index is 13.4. The summed E-state index contributed by atoms with van der Waals surface area (Å²) in [4.78, 5) is 52.0. The van der Waals surface area contributed by atoms with E-state index in [4.69, 9.17) is 0 Å². The highest BCUT2D eigenvalue weighted by Crippen LogP contribution is 2.28. The third-order valence-corrected chi connectivity index (χ3v) is 6.52. The molecule has 2 aromatic heterocycles. The fraction of sp³-hybridized carbons (Fsp3) is 0.154. The van der Waals surface area contributed by atoms with E-state index in [1.807, 2.05) is 36.4 Å². The molecule has 0 unspecified atom stereocenters. The number of para-hydroxylation sites is 2. The highest BCUT2D eigenvalue weighted by Gasteiger charge is 2.30. The quantitative estimate of drug-likeness (QED) is 0.398. The van der Waals surface area contributed by atoms with Crippen LogP contribution in [0.25, 0.3) is 22.5 Å². The second-order valence-corrected chi connectivity index (χ2v) is 8.41. The van der Waals surface area contributed by atoms with Gasteiger partial charge in [0.2, 0.25) is 5.43 Å². The molecule has 0 spiro atoms. The van der Waals surface area contributed by atoms with Crippen LogP contribution in [0, 0.1) is 13.8 Å². The fourth-order valence-electron chi connectivity index (χ4n) is 4.44. The molecule has 0 saturated carbocycles. The normalized spacial score (nSPS) is 11.3. The van der Waals surface area contributed by atoms with Crippen LogP contribution in [0.15, 0.2) is 79.8 Å². The Kier molecular flexibility index (Phi) is 5.05. The predicted molar refractivity (Wildman–Crippen MR) is 135 cm³/mol. The first-order valence-corrected chi connectivity index (χ1v) is 11.0. The van der Waals surface area contributed by atoms with Crippen molar-refractivity contribution in [3.8, 4) is 22.5 Å². The topological polar surface area (TPSA) is 100 Å². The van der Waals surface area contributed by atoms with Crippen LogP contribution in [0.1, 0.15) is 11.4 Å². The molecule has 3 aromatic carbocycles. The number of nitrogens with zero attached hydrogens (tertiary/aromatic N) is 4. The Morgan fingerprint density at radius 2 is 1.06 bits per heavy atom. The van der Waals surface area contributed by atoms with E-state index in [0.717, 1.165) is 0 Å². The van der Waals surface area contributed by atoms with E-state index in [1.54, 1.807) is 61.6 Å². The minimum Gasteiger partial charge on any atom is -0.346 e. The molecule has 35 heavy (non-hydrogen) atoms. The fourth-order valence-corrected chi connectivity index (χ4v) is 4.44. The van der Waals surface area contributed by atoms with E-state index in [9.17, 15) is 19.2 Å². The van der Waals surface area contributed by atoms with Gasteiger partial charge in [-0.05, 0) is 38.1 Å². The average molecular weight is 470 g/mol. The van der Waals surface area contributed by atoms with Crippen LogP contribution in [0.2, 0.25) is 0 Å². The summed E-state index contributed by atoms with van der Waals surface area (Å²) < 4.78 is 6.23. The van der Waals surface area contributed by atoms with E-state index in [1.165, 1.54) is 9.36 Å². The van der Waals surface area contributed by atoms with Crippen LogP contribution in [0.4, 0.5) is 11.4 Å². The van der Waals surface area contributed by atoms with Gasteiger partial charge in [0, 0.05) is 19.8 Å². The van der Waals surface area contributed by atoms with Gasteiger partial charge in [-0.25, -0.2) is 9.36 Å². The summed E-state index contributed by atoms with van der Waals surface area (Å²) in [5.74, 6) is 0. The Morgan fingerprint density at radius 1 is 0.571 bits per heavy atom. The third-order valence-electron chi connectivity index (χ3n) is 6.52. The second kappa shape index (κ2) is 7.98. The Labute approximate surface area is 199 Å². The van der Waals surface area contributed by atoms with Crippen molar-refractivity contribution >= 4 is 11.4 Å². The molecule has 0 atom stereocenters. The van der Waals surface area contributed by atoms with E-state index in [2.05, 4.69) is 5.32 Å². The van der Waals surface area contributed by atoms with Crippen molar-refractivity contribution in [1.82, 2.24) is 18.7 Å². The Hall–Kier alpha value is -4.66. The summed E-state index contributed by atoms with van der Waals surface area (Å²) in [7, 11) is 3.45. The van der Waals surface area contributed by atoms with E-state index < -0.39 is 16.4 Å². The number of anilines is 2. The molecule has 176 valence electrons. The maximum absolute atomic E-state index is 13.4. The summed E-state index contributed by atoms with van der Waals surface area (Å²) in [6.45, 7) is 3.46. The zero-order valence-corrected chi connectivity index (χ0v) is 19.7. The summed E-state index contributed by atoms with van der Waals surface area (Å²) in [6, 6.07) is 18.1. The minimum absolute atomic E-state index is 0.00306. The van der Waals surface area contributed by atoms with Gasteiger partial charge in [-0.1, -0.05) is 36.4 Å². The average Bonchev–Trinajstić information content (AvgIpc) is 3.22. The van der Waals surface area contributed by atoms with Gasteiger partial charge in [-0.3, -0.25) is 28.5 Å². The zero-order chi connectivity index (χ0) is 25.0. The molecule has 9 nitrogen and oxygen atoms in total. The summed E-state index contributed by atoms with van der Waals surface area (Å²) in [6.07, 6.45) is 0. The first-order chi connectivity index (χ1) is 16.7. The molecule has 0 aliphatic rings. The number of hydrogen-bond donors (Lipinski definition) is 1. The van der Waals surface area contributed by atoms with Crippen LogP contribution in [-0.4, -0.2) is 18.7 Å². The van der Waals surface area contributed by atoms with Crippen molar-refractivity contribution in [3.63, 3.8) is 0 Å². The number of rotatable bonds is 5. The smallest absolute Gasteiger partial charge is 0.295 e. The van der Waals surface area contributed by atoms with Gasteiger partial charge in [0.05, 0.1) is 28.2 Å². The molecular weight excluding hydrogens is 446 g/mol. The zero-order valence-electron chi connectivity index (χ0n) is 19.7. The minimum atomic E-state index is -0.761. The van der Waals surface area contributed by atoms with Crippen LogP contribution in [0.3, 0.4) is 0 Å². The van der Waals surface area contributed by atoms with E-state index in [-0.39, 0.29) is 28.1 Å². The Morgan fingerprint density at radius 3 is 1.60 bits per heavy atom. The number of aromatic nitrogens is 4. The van der Waals surface area contributed by atoms with E-state index >= 15 is 0 Å². The molecule has 0 bridgehead atoms. The molecule has 0 aliphatic carbocycles. The molecule has 1 N–H and O–H groups in total. The van der Waals surface area contributed by atoms with Gasteiger partial charge < -0.3 is 5.32 Å². The summed E-state index contributed by atoms with van der Waals surface area (Å²) in [5, 5.41) is 2.90. The number of nitrogens with one attached hydrogen (secondary N) is 1. The van der Waals surface area contributed by atoms with Crippen molar-refractivity contribution < 1.29 is 0 Å². The first-order valence-electron chi connectivity index (χ1n) is 11.0. The largest absolute Gasteiger partial charge is 0.346 e. The lowest BCUT2D eigenvalue weighted by Crippen LogP contribution is -2.37.